The van der Waals surface area contributed by atoms with Crippen molar-refractivity contribution in [1.82, 2.24) is 10.2 Å². The van der Waals surface area contributed by atoms with E-state index in [-0.39, 0.29) is 26.9 Å². The summed E-state index contributed by atoms with van der Waals surface area (Å²) in [5, 5.41) is 3.49. The van der Waals surface area contributed by atoms with Crippen LogP contribution in [-0.4, -0.2) is 44.9 Å². The van der Waals surface area contributed by atoms with Gasteiger partial charge in [0, 0.05) is 36.9 Å². The van der Waals surface area contributed by atoms with Crippen LogP contribution >= 0.6 is 23.2 Å². The summed E-state index contributed by atoms with van der Waals surface area (Å²) >= 11 is 11.8. The minimum absolute atomic E-state index is 0.00934. The number of anilines is 1. The predicted octanol–water partition coefficient (Wildman–Crippen LogP) is 4.64. The molecule has 31 heavy (non-hydrogen) atoms. The Morgan fingerprint density at radius 2 is 1.81 bits per heavy atom. The fourth-order valence-corrected chi connectivity index (χ4v) is 5.07. The van der Waals surface area contributed by atoms with E-state index in [0.29, 0.717) is 17.2 Å². The molecule has 0 bridgehead atoms. The molecule has 0 aromatic heterocycles. The van der Waals surface area contributed by atoms with E-state index in [9.17, 15) is 13.2 Å². The third kappa shape index (κ3) is 6.59. The third-order valence-electron chi connectivity index (χ3n) is 5.12. The molecule has 0 saturated carbocycles. The number of nitrogens with one attached hydrogen (secondary N) is 2. The first-order chi connectivity index (χ1) is 14.6. The van der Waals surface area contributed by atoms with Crippen molar-refractivity contribution in [3.8, 4) is 0 Å². The van der Waals surface area contributed by atoms with E-state index < -0.39 is 10.0 Å². The second kappa shape index (κ2) is 10.2. The molecule has 0 spiro atoms. The summed E-state index contributed by atoms with van der Waals surface area (Å²) in [6.45, 7) is 7.41. The van der Waals surface area contributed by atoms with E-state index in [1.165, 1.54) is 24.3 Å². The first-order valence-corrected chi connectivity index (χ1v) is 12.5. The van der Waals surface area contributed by atoms with Crippen LogP contribution in [-0.2, 0) is 10.0 Å². The van der Waals surface area contributed by atoms with Crippen LogP contribution in [0.3, 0.4) is 0 Å². The Kier molecular flexibility index (Phi) is 7.86. The molecule has 2 aromatic carbocycles. The van der Waals surface area contributed by atoms with Gasteiger partial charge in [-0.1, -0.05) is 43.1 Å². The number of rotatable bonds is 7. The summed E-state index contributed by atoms with van der Waals surface area (Å²) in [6.07, 6.45) is 1.81. The molecule has 168 valence electrons. The summed E-state index contributed by atoms with van der Waals surface area (Å²) in [4.78, 5) is 15.1. The highest BCUT2D eigenvalue weighted by molar-refractivity contribution is 7.92. The standard InChI is InChI=1S/C22H27Cl2N3O3S/c1-15(2)14-27-10-8-17(9-11-27)25-22(28)16-4-3-5-18(12-16)26-31(29,30)19-6-7-20(23)21(24)13-19/h3-7,12-13,15,17,26H,8-11,14H2,1-2H3,(H,25,28). The number of hydrogen-bond donors (Lipinski definition) is 2. The Bertz CT molecular complexity index is 1040. The van der Waals surface area contributed by atoms with Crippen molar-refractivity contribution < 1.29 is 13.2 Å². The minimum atomic E-state index is -3.87. The van der Waals surface area contributed by atoms with Crippen LogP contribution in [0.2, 0.25) is 10.0 Å². The lowest BCUT2D eigenvalue weighted by atomic mass is 10.0. The van der Waals surface area contributed by atoms with E-state index in [1.54, 1.807) is 18.2 Å². The number of hydrogen-bond acceptors (Lipinski definition) is 4. The number of halogens is 2. The van der Waals surface area contributed by atoms with Crippen molar-refractivity contribution >= 4 is 44.8 Å². The Hall–Kier alpha value is -1.80. The van der Waals surface area contributed by atoms with Gasteiger partial charge in [0.05, 0.1) is 14.9 Å². The van der Waals surface area contributed by atoms with Crippen molar-refractivity contribution in [3.05, 3.63) is 58.1 Å². The zero-order valence-electron chi connectivity index (χ0n) is 17.6. The largest absolute Gasteiger partial charge is 0.349 e. The molecule has 2 N–H and O–H groups in total. The van der Waals surface area contributed by atoms with Gasteiger partial charge < -0.3 is 10.2 Å². The molecule has 1 aliphatic rings. The molecule has 1 aliphatic heterocycles. The second-order valence-corrected chi connectivity index (χ2v) is 10.7. The average Bonchev–Trinajstić information content (AvgIpc) is 2.71. The molecule has 1 fully saturated rings. The lowest BCUT2D eigenvalue weighted by molar-refractivity contribution is 0.0907. The molecule has 0 radical (unpaired) electrons. The number of carbonyl (C=O) groups is 1. The van der Waals surface area contributed by atoms with Crippen molar-refractivity contribution in [1.29, 1.82) is 0 Å². The van der Waals surface area contributed by atoms with E-state index in [4.69, 9.17) is 23.2 Å². The zero-order chi connectivity index (χ0) is 22.6. The molecule has 9 heteroatoms. The maximum atomic E-state index is 12.7. The predicted molar refractivity (Wildman–Crippen MR) is 125 cm³/mol. The van der Waals surface area contributed by atoms with E-state index >= 15 is 0 Å². The molecule has 1 amide bonds. The van der Waals surface area contributed by atoms with Gasteiger partial charge in [0.15, 0.2) is 0 Å². The molecule has 1 heterocycles. The monoisotopic (exact) mass is 483 g/mol. The number of likely N-dealkylation sites (tertiary alicyclic amines) is 1. The maximum absolute atomic E-state index is 12.7. The maximum Gasteiger partial charge on any atom is 0.261 e. The lowest BCUT2D eigenvalue weighted by Gasteiger charge is -2.33. The Balaban J connectivity index is 1.63. The number of carbonyl (C=O) groups excluding carboxylic acids is 1. The molecule has 3 rings (SSSR count). The highest BCUT2D eigenvalue weighted by Crippen LogP contribution is 2.26. The topological polar surface area (TPSA) is 78.5 Å². The number of amides is 1. The van der Waals surface area contributed by atoms with Gasteiger partial charge in [-0.2, -0.15) is 0 Å². The Morgan fingerprint density at radius 1 is 1.10 bits per heavy atom. The molecule has 0 atom stereocenters. The summed E-state index contributed by atoms with van der Waals surface area (Å²) in [5.74, 6) is 0.416. The Labute approximate surface area is 194 Å². The number of sulfonamides is 1. The molecular formula is C22H27Cl2N3O3S. The summed E-state index contributed by atoms with van der Waals surface area (Å²) in [7, 11) is -3.87. The molecular weight excluding hydrogens is 457 g/mol. The van der Waals surface area contributed by atoms with Gasteiger partial charge in [-0.3, -0.25) is 9.52 Å². The molecule has 6 nitrogen and oxygen atoms in total. The van der Waals surface area contributed by atoms with Gasteiger partial charge in [-0.05, 0) is 55.2 Å². The number of piperidine rings is 1. The third-order valence-corrected chi connectivity index (χ3v) is 7.24. The zero-order valence-corrected chi connectivity index (χ0v) is 19.9. The van der Waals surface area contributed by atoms with Gasteiger partial charge in [0.25, 0.3) is 15.9 Å². The van der Waals surface area contributed by atoms with Gasteiger partial charge in [-0.15, -0.1) is 0 Å². The summed E-state index contributed by atoms with van der Waals surface area (Å²) in [6, 6.07) is 10.6. The quantitative estimate of drug-likeness (QED) is 0.600. The smallest absolute Gasteiger partial charge is 0.261 e. The van der Waals surface area contributed by atoms with Crippen molar-refractivity contribution in [2.75, 3.05) is 24.4 Å². The molecule has 2 aromatic rings. The van der Waals surface area contributed by atoms with Crippen molar-refractivity contribution in [2.45, 2.75) is 37.6 Å². The van der Waals surface area contributed by atoms with Crippen LogP contribution < -0.4 is 10.0 Å². The van der Waals surface area contributed by atoms with Gasteiger partial charge in [0.2, 0.25) is 0 Å². The number of nitrogens with zero attached hydrogens (tertiary/aromatic N) is 1. The Morgan fingerprint density at radius 3 is 2.45 bits per heavy atom. The highest BCUT2D eigenvalue weighted by atomic mass is 35.5. The van der Waals surface area contributed by atoms with Crippen molar-refractivity contribution in [2.24, 2.45) is 5.92 Å². The average molecular weight is 484 g/mol. The summed E-state index contributed by atoms with van der Waals surface area (Å²) < 4.78 is 27.8. The van der Waals surface area contributed by atoms with Crippen molar-refractivity contribution in [3.63, 3.8) is 0 Å². The normalized spacial score (nSPS) is 15.8. The van der Waals surface area contributed by atoms with Gasteiger partial charge in [-0.25, -0.2) is 8.42 Å². The van der Waals surface area contributed by atoms with Gasteiger partial charge in [0.1, 0.15) is 0 Å². The highest BCUT2D eigenvalue weighted by Gasteiger charge is 2.22. The van der Waals surface area contributed by atoms with Crippen LogP contribution in [0, 0.1) is 5.92 Å². The van der Waals surface area contributed by atoms with E-state index in [1.807, 2.05) is 0 Å². The fraction of sp³-hybridized carbons (Fsp3) is 0.409. The summed E-state index contributed by atoms with van der Waals surface area (Å²) in [5.41, 5.74) is 0.699. The lowest BCUT2D eigenvalue weighted by Crippen LogP contribution is -2.45. The van der Waals surface area contributed by atoms with Crippen LogP contribution in [0.15, 0.2) is 47.4 Å². The molecule has 0 aliphatic carbocycles. The fourth-order valence-electron chi connectivity index (χ4n) is 3.63. The van der Waals surface area contributed by atoms with Crippen LogP contribution in [0.1, 0.15) is 37.0 Å². The van der Waals surface area contributed by atoms with E-state index in [0.717, 1.165) is 32.5 Å². The number of benzene rings is 2. The molecule has 0 unspecified atom stereocenters. The van der Waals surface area contributed by atoms with E-state index in [2.05, 4.69) is 28.8 Å². The van der Waals surface area contributed by atoms with Crippen LogP contribution in [0.4, 0.5) is 5.69 Å². The van der Waals surface area contributed by atoms with Gasteiger partial charge >= 0.3 is 0 Å². The SMILES string of the molecule is CC(C)CN1CCC(NC(=O)c2cccc(NS(=O)(=O)c3ccc(Cl)c(Cl)c3)c2)CC1. The second-order valence-electron chi connectivity index (χ2n) is 8.20. The van der Waals surface area contributed by atoms with Crippen LogP contribution in [0.5, 0.6) is 0 Å². The minimum Gasteiger partial charge on any atom is -0.349 e. The first-order valence-electron chi connectivity index (χ1n) is 10.2. The van der Waals surface area contributed by atoms with Crippen LogP contribution in [0.25, 0.3) is 0 Å². The molecule has 1 saturated heterocycles. The first kappa shape index (κ1) is 23.9.